The average Bonchev–Trinajstić information content (AvgIpc) is 2.47. The van der Waals surface area contributed by atoms with Crippen LogP contribution in [0.3, 0.4) is 0 Å². The van der Waals surface area contributed by atoms with Gasteiger partial charge in [-0.05, 0) is 25.3 Å². The summed E-state index contributed by atoms with van der Waals surface area (Å²) in [6, 6.07) is 5.20. The van der Waals surface area contributed by atoms with E-state index in [2.05, 4.69) is 15.3 Å². The van der Waals surface area contributed by atoms with Crippen molar-refractivity contribution in [3.63, 3.8) is 0 Å². The van der Waals surface area contributed by atoms with E-state index < -0.39 is 0 Å². The van der Waals surface area contributed by atoms with Crippen molar-refractivity contribution in [2.24, 2.45) is 0 Å². The SMILES string of the molecule is CSC(CO)C(C)NC(=O)c1cccc2nccnc12. The lowest BCUT2D eigenvalue weighted by molar-refractivity contribution is 0.0937. The summed E-state index contributed by atoms with van der Waals surface area (Å²) in [5, 5.41) is 12.1. The summed E-state index contributed by atoms with van der Waals surface area (Å²) in [6.07, 6.45) is 5.08. The van der Waals surface area contributed by atoms with Crippen LogP contribution in [0.2, 0.25) is 0 Å². The molecule has 2 rings (SSSR count). The highest BCUT2D eigenvalue weighted by Crippen LogP contribution is 2.15. The number of thioether (sulfide) groups is 1. The Bertz CT molecular complexity index is 596. The molecule has 5 nitrogen and oxygen atoms in total. The zero-order valence-corrected chi connectivity index (χ0v) is 12.2. The van der Waals surface area contributed by atoms with Gasteiger partial charge in [0.1, 0.15) is 5.52 Å². The highest BCUT2D eigenvalue weighted by atomic mass is 32.2. The minimum atomic E-state index is -0.198. The number of hydrogen-bond acceptors (Lipinski definition) is 5. The second kappa shape index (κ2) is 6.67. The molecule has 6 heteroatoms. The fourth-order valence-corrected chi connectivity index (χ4v) is 2.62. The standard InChI is InChI=1S/C14H17N3O2S/c1-9(12(8-18)20-2)17-14(19)10-4-3-5-11-13(10)16-7-6-15-11/h3-7,9,12,18H,8H2,1-2H3,(H,17,19). The number of rotatable bonds is 5. The molecular weight excluding hydrogens is 274 g/mol. The molecule has 1 aromatic carbocycles. The number of aliphatic hydroxyl groups excluding tert-OH is 1. The molecular formula is C14H17N3O2S. The molecule has 0 fully saturated rings. The van der Waals surface area contributed by atoms with Crippen LogP contribution in [-0.4, -0.2) is 45.1 Å². The van der Waals surface area contributed by atoms with Gasteiger partial charge in [0.2, 0.25) is 0 Å². The number of carbonyl (C=O) groups is 1. The fourth-order valence-electron chi connectivity index (χ4n) is 1.99. The van der Waals surface area contributed by atoms with Gasteiger partial charge >= 0.3 is 0 Å². The number of nitrogens with one attached hydrogen (secondary N) is 1. The number of aliphatic hydroxyl groups is 1. The van der Waals surface area contributed by atoms with Crippen LogP contribution in [0.15, 0.2) is 30.6 Å². The van der Waals surface area contributed by atoms with E-state index in [4.69, 9.17) is 0 Å². The predicted molar refractivity (Wildman–Crippen MR) is 80.9 cm³/mol. The lowest BCUT2D eigenvalue weighted by Crippen LogP contribution is -2.41. The third kappa shape index (κ3) is 3.08. The number of para-hydroxylation sites is 1. The number of carbonyl (C=O) groups excluding carboxylic acids is 1. The lowest BCUT2D eigenvalue weighted by atomic mass is 10.1. The topological polar surface area (TPSA) is 75.1 Å². The number of hydrogen-bond donors (Lipinski definition) is 2. The van der Waals surface area contributed by atoms with Crippen molar-refractivity contribution < 1.29 is 9.90 Å². The molecule has 0 bridgehead atoms. The summed E-state index contributed by atoms with van der Waals surface area (Å²) in [5.74, 6) is -0.198. The third-order valence-corrected chi connectivity index (χ3v) is 4.31. The normalized spacial score (nSPS) is 13.9. The van der Waals surface area contributed by atoms with Gasteiger partial charge in [-0.15, -0.1) is 0 Å². The first kappa shape index (κ1) is 14.7. The second-order valence-electron chi connectivity index (χ2n) is 4.45. The van der Waals surface area contributed by atoms with Crippen LogP contribution in [0.1, 0.15) is 17.3 Å². The Kier molecular flexibility index (Phi) is 4.92. The van der Waals surface area contributed by atoms with Crippen LogP contribution in [0.4, 0.5) is 0 Å². The van der Waals surface area contributed by atoms with Crippen LogP contribution >= 0.6 is 11.8 Å². The first-order valence-electron chi connectivity index (χ1n) is 6.31. The molecule has 106 valence electrons. The van der Waals surface area contributed by atoms with Gasteiger partial charge in [-0.25, -0.2) is 0 Å². The van der Waals surface area contributed by atoms with E-state index in [1.165, 1.54) is 11.8 Å². The highest BCUT2D eigenvalue weighted by Gasteiger charge is 2.19. The zero-order chi connectivity index (χ0) is 14.5. The number of amides is 1. The van der Waals surface area contributed by atoms with Crippen LogP contribution in [-0.2, 0) is 0 Å². The van der Waals surface area contributed by atoms with Crippen molar-refractivity contribution in [3.8, 4) is 0 Å². The highest BCUT2D eigenvalue weighted by molar-refractivity contribution is 7.99. The third-order valence-electron chi connectivity index (χ3n) is 3.14. The molecule has 1 amide bonds. The van der Waals surface area contributed by atoms with Crippen LogP contribution in [0, 0.1) is 0 Å². The van der Waals surface area contributed by atoms with Crippen LogP contribution in [0.5, 0.6) is 0 Å². The number of aromatic nitrogens is 2. The van der Waals surface area contributed by atoms with Crippen molar-refractivity contribution in [2.75, 3.05) is 12.9 Å². The van der Waals surface area contributed by atoms with Gasteiger partial charge in [-0.1, -0.05) is 6.07 Å². The molecule has 0 radical (unpaired) electrons. The Morgan fingerprint density at radius 2 is 2.15 bits per heavy atom. The monoisotopic (exact) mass is 291 g/mol. The Balaban J connectivity index is 2.24. The predicted octanol–water partition coefficient (Wildman–Crippen LogP) is 1.47. The molecule has 0 saturated carbocycles. The second-order valence-corrected chi connectivity index (χ2v) is 5.53. The number of nitrogens with zero attached hydrogens (tertiary/aromatic N) is 2. The molecule has 0 saturated heterocycles. The van der Waals surface area contributed by atoms with Gasteiger partial charge in [-0.3, -0.25) is 14.8 Å². The van der Waals surface area contributed by atoms with Gasteiger partial charge in [0.15, 0.2) is 0 Å². The maximum absolute atomic E-state index is 12.3. The van der Waals surface area contributed by atoms with Crippen LogP contribution < -0.4 is 5.32 Å². The van der Waals surface area contributed by atoms with E-state index >= 15 is 0 Å². The maximum Gasteiger partial charge on any atom is 0.253 e. The molecule has 1 heterocycles. The molecule has 20 heavy (non-hydrogen) atoms. The molecule has 2 unspecified atom stereocenters. The zero-order valence-electron chi connectivity index (χ0n) is 11.4. The Labute approximate surface area is 121 Å². The van der Waals surface area contributed by atoms with Crippen molar-refractivity contribution in [1.29, 1.82) is 0 Å². The summed E-state index contributed by atoms with van der Waals surface area (Å²) >= 11 is 1.53. The first-order valence-corrected chi connectivity index (χ1v) is 7.60. The molecule has 1 aromatic heterocycles. The lowest BCUT2D eigenvalue weighted by Gasteiger charge is -2.21. The minimum absolute atomic E-state index is 0.0258. The van der Waals surface area contributed by atoms with E-state index in [1.807, 2.05) is 19.2 Å². The average molecular weight is 291 g/mol. The van der Waals surface area contributed by atoms with E-state index in [0.717, 1.165) is 0 Å². The quantitative estimate of drug-likeness (QED) is 0.872. The summed E-state index contributed by atoms with van der Waals surface area (Å²) < 4.78 is 0. The van der Waals surface area contributed by atoms with Crippen molar-refractivity contribution in [2.45, 2.75) is 18.2 Å². The molecule has 0 aliphatic carbocycles. The van der Waals surface area contributed by atoms with E-state index in [0.29, 0.717) is 16.6 Å². The number of benzene rings is 1. The van der Waals surface area contributed by atoms with Crippen molar-refractivity contribution in [3.05, 3.63) is 36.2 Å². The van der Waals surface area contributed by atoms with Crippen LogP contribution in [0.25, 0.3) is 11.0 Å². The molecule has 0 spiro atoms. The minimum Gasteiger partial charge on any atom is -0.395 e. The van der Waals surface area contributed by atoms with E-state index in [-0.39, 0.29) is 23.8 Å². The van der Waals surface area contributed by atoms with Crippen molar-refractivity contribution in [1.82, 2.24) is 15.3 Å². The van der Waals surface area contributed by atoms with Gasteiger partial charge in [0.25, 0.3) is 5.91 Å². The van der Waals surface area contributed by atoms with Gasteiger partial charge in [0.05, 0.1) is 17.7 Å². The summed E-state index contributed by atoms with van der Waals surface area (Å²) in [7, 11) is 0. The maximum atomic E-state index is 12.3. The smallest absolute Gasteiger partial charge is 0.253 e. The number of fused-ring (bicyclic) bond motifs is 1. The largest absolute Gasteiger partial charge is 0.395 e. The summed E-state index contributed by atoms with van der Waals surface area (Å²) in [6.45, 7) is 1.91. The molecule has 2 aromatic rings. The molecule has 0 aliphatic rings. The van der Waals surface area contributed by atoms with Crippen molar-refractivity contribution >= 4 is 28.7 Å². The van der Waals surface area contributed by atoms with E-state index in [9.17, 15) is 9.90 Å². The van der Waals surface area contributed by atoms with Gasteiger partial charge in [0, 0.05) is 23.7 Å². The first-order chi connectivity index (χ1) is 9.67. The Hall–Kier alpha value is -1.66. The Morgan fingerprint density at radius 3 is 2.85 bits per heavy atom. The summed E-state index contributed by atoms with van der Waals surface area (Å²) in [4.78, 5) is 20.7. The molecule has 2 atom stereocenters. The van der Waals surface area contributed by atoms with Gasteiger partial charge < -0.3 is 10.4 Å². The van der Waals surface area contributed by atoms with E-state index in [1.54, 1.807) is 24.5 Å². The molecule has 0 aliphatic heterocycles. The Morgan fingerprint density at radius 1 is 1.40 bits per heavy atom. The summed E-state index contributed by atoms with van der Waals surface area (Å²) in [5.41, 5.74) is 1.78. The molecule has 2 N–H and O–H groups in total. The fraction of sp³-hybridized carbons (Fsp3) is 0.357. The van der Waals surface area contributed by atoms with Gasteiger partial charge in [-0.2, -0.15) is 11.8 Å².